The molecule has 0 aliphatic rings. The highest BCUT2D eigenvalue weighted by atomic mass is 16.3. The second kappa shape index (κ2) is 5.21. The molecule has 6 nitrogen and oxygen atoms in total. The molecule has 0 aromatic heterocycles. The number of rotatable bonds is 4. The van der Waals surface area contributed by atoms with Gasteiger partial charge < -0.3 is 15.3 Å². The normalized spacial score (nSPS) is 11.9. The van der Waals surface area contributed by atoms with Crippen LogP contribution >= 0.6 is 0 Å². The van der Waals surface area contributed by atoms with Gasteiger partial charge in [0.2, 0.25) is 0 Å². The molecule has 6 heteroatoms. The summed E-state index contributed by atoms with van der Waals surface area (Å²) < 4.78 is 0. The minimum absolute atomic E-state index is 0.0303. The Labute approximate surface area is 86.0 Å². The van der Waals surface area contributed by atoms with Crippen LogP contribution < -0.4 is 0 Å². The van der Waals surface area contributed by atoms with Crippen molar-refractivity contribution in [2.24, 2.45) is 5.11 Å². The van der Waals surface area contributed by atoms with Crippen LogP contribution in [0.15, 0.2) is 23.3 Å². The van der Waals surface area contributed by atoms with Crippen molar-refractivity contribution in [3.63, 3.8) is 0 Å². The Morgan fingerprint density at radius 2 is 2.20 bits per heavy atom. The van der Waals surface area contributed by atoms with Gasteiger partial charge in [0.05, 0.1) is 19.3 Å². The summed E-state index contributed by atoms with van der Waals surface area (Å²) in [7, 11) is 0. The van der Waals surface area contributed by atoms with Crippen LogP contribution in [-0.4, -0.2) is 21.9 Å². The number of hydrogen-bond acceptors (Lipinski definition) is 4. The molecular weight excluding hydrogens is 198 g/mol. The fourth-order valence-corrected chi connectivity index (χ4v) is 1.16. The third-order valence-electron chi connectivity index (χ3n) is 1.98. The van der Waals surface area contributed by atoms with E-state index in [4.69, 9.17) is 10.6 Å². The highest BCUT2D eigenvalue weighted by Crippen LogP contribution is 2.22. The first-order chi connectivity index (χ1) is 7.19. The second-order valence-electron chi connectivity index (χ2n) is 2.98. The SMILES string of the molecule is [N-]=[N+]=NC[C@H](O)c1ccc(O)c(CO)c1. The van der Waals surface area contributed by atoms with Gasteiger partial charge in [-0.1, -0.05) is 11.2 Å². The van der Waals surface area contributed by atoms with Crippen molar-refractivity contribution in [2.75, 3.05) is 6.54 Å². The van der Waals surface area contributed by atoms with Crippen LogP contribution in [0.4, 0.5) is 0 Å². The van der Waals surface area contributed by atoms with Crippen molar-refractivity contribution in [2.45, 2.75) is 12.7 Å². The van der Waals surface area contributed by atoms with Crippen LogP contribution in [0.2, 0.25) is 0 Å². The molecule has 0 heterocycles. The average molecular weight is 209 g/mol. The topological polar surface area (TPSA) is 109 Å². The maximum Gasteiger partial charge on any atom is 0.121 e. The van der Waals surface area contributed by atoms with Crippen molar-refractivity contribution >= 4 is 0 Å². The monoisotopic (exact) mass is 209 g/mol. The molecule has 0 amide bonds. The van der Waals surface area contributed by atoms with Gasteiger partial charge >= 0.3 is 0 Å². The first kappa shape index (κ1) is 11.3. The van der Waals surface area contributed by atoms with Gasteiger partial charge in [-0.2, -0.15) is 0 Å². The number of aromatic hydroxyl groups is 1. The predicted octanol–water partition coefficient (Wildman–Crippen LogP) is 1.23. The second-order valence-corrected chi connectivity index (χ2v) is 2.98. The molecule has 1 aromatic rings. The van der Waals surface area contributed by atoms with E-state index < -0.39 is 6.10 Å². The largest absolute Gasteiger partial charge is 0.508 e. The molecule has 3 N–H and O–H groups in total. The van der Waals surface area contributed by atoms with Gasteiger partial charge in [-0.25, -0.2) is 0 Å². The van der Waals surface area contributed by atoms with Crippen LogP contribution in [-0.2, 0) is 6.61 Å². The Kier molecular flexibility index (Phi) is 3.93. The van der Waals surface area contributed by atoms with E-state index in [9.17, 15) is 10.2 Å². The molecule has 0 radical (unpaired) electrons. The number of aliphatic hydroxyl groups is 2. The molecule has 0 saturated heterocycles. The summed E-state index contributed by atoms with van der Waals surface area (Å²) in [5.41, 5.74) is 8.89. The van der Waals surface area contributed by atoms with E-state index in [0.717, 1.165) is 0 Å². The molecule has 0 aliphatic heterocycles. The van der Waals surface area contributed by atoms with Crippen LogP contribution in [0.1, 0.15) is 17.2 Å². The molecule has 1 atom stereocenters. The van der Waals surface area contributed by atoms with Crippen molar-refractivity contribution in [1.82, 2.24) is 0 Å². The first-order valence-corrected chi connectivity index (χ1v) is 4.30. The van der Waals surface area contributed by atoms with Gasteiger partial charge in [0.1, 0.15) is 5.75 Å². The maximum atomic E-state index is 9.53. The summed E-state index contributed by atoms with van der Waals surface area (Å²) >= 11 is 0. The molecule has 80 valence electrons. The molecule has 0 fully saturated rings. The number of hydrogen-bond donors (Lipinski definition) is 3. The van der Waals surface area contributed by atoms with E-state index >= 15 is 0 Å². The summed E-state index contributed by atoms with van der Waals surface area (Å²) in [6, 6.07) is 4.35. The van der Waals surface area contributed by atoms with E-state index in [2.05, 4.69) is 10.0 Å². The Balaban J connectivity index is 2.89. The Bertz CT molecular complexity index is 388. The summed E-state index contributed by atoms with van der Waals surface area (Å²) in [5.74, 6) is -0.0303. The van der Waals surface area contributed by atoms with E-state index in [0.29, 0.717) is 11.1 Å². The minimum atomic E-state index is -0.924. The van der Waals surface area contributed by atoms with Crippen LogP contribution in [0.3, 0.4) is 0 Å². The highest BCUT2D eigenvalue weighted by Gasteiger charge is 2.08. The minimum Gasteiger partial charge on any atom is -0.508 e. The van der Waals surface area contributed by atoms with Crippen molar-refractivity contribution in [3.8, 4) is 5.75 Å². The lowest BCUT2D eigenvalue weighted by atomic mass is 10.1. The van der Waals surface area contributed by atoms with Gasteiger partial charge in [0.25, 0.3) is 0 Å². The van der Waals surface area contributed by atoms with Crippen LogP contribution in [0.25, 0.3) is 10.4 Å². The fraction of sp³-hybridized carbons (Fsp3) is 0.333. The Morgan fingerprint density at radius 1 is 1.47 bits per heavy atom. The maximum absolute atomic E-state index is 9.53. The predicted molar refractivity (Wildman–Crippen MR) is 53.0 cm³/mol. The summed E-state index contributed by atoms with van der Waals surface area (Å²) in [4.78, 5) is 2.53. The summed E-state index contributed by atoms with van der Waals surface area (Å²) in [6.07, 6.45) is -0.924. The lowest BCUT2D eigenvalue weighted by Gasteiger charge is -2.09. The Hall–Kier alpha value is -1.75. The van der Waals surface area contributed by atoms with Crippen LogP contribution in [0.5, 0.6) is 5.75 Å². The van der Waals surface area contributed by atoms with Gasteiger partial charge in [-0.05, 0) is 23.2 Å². The molecule has 0 unspecified atom stereocenters. The van der Waals surface area contributed by atoms with Crippen molar-refractivity contribution in [1.29, 1.82) is 0 Å². The third-order valence-corrected chi connectivity index (χ3v) is 1.98. The lowest BCUT2D eigenvalue weighted by Crippen LogP contribution is -2.01. The zero-order valence-corrected chi connectivity index (χ0v) is 7.91. The Morgan fingerprint density at radius 3 is 2.80 bits per heavy atom. The van der Waals surface area contributed by atoms with Crippen molar-refractivity contribution < 1.29 is 15.3 Å². The standard InChI is InChI=1S/C9H11N3O3/c10-12-11-4-9(15)6-1-2-8(14)7(3-6)5-13/h1-3,9,13-15H,4-5H2/t9-/m0/s1. The zero-order valence-electron chi connectivity index (χ0n) is 7.91. The lowest BCUT2D eigenvalue weighted by molar-refractivity contribution is 0.186. The molecule has 1 rings (SSSR count). The summed E-state index contributed by atoms with van der Waals surface area (Å²) in [6.45, 7) is -0.389. The molecule has 0 saturated carbocycles. The average Bonchev–Trinajstić information content (AvgIpc) is 2.26. The van der Waals surface area contributed by atoms with E-state index in [-0.39, 0.29) is 18.9 Å². The third kappa shape index (κ3) is 2.85. The number of benzene rings is 1. The van der Waals surface area contributed by atoms with E-state index in [1.807, 2.05) is 0 Å². The molecule has 0 spiro atoms. The van der Waals surface area contributed by atoms with E-state index in [1.165, 1.54) is 18.2 Å². The molecular formula is C9H11N3O3. The molecule has 1 aromatic carbocycles. The quantitative estimate of drug-likeness (QED) is 0.394. The fourth-order valence-electron chi connectivity index (χ4n) is 1.16. The van der Waals surface area contributed by atoms with Crippen LogP contribution in [0, 0.1) is 0 Å². The molecule has 0 bridgehead atoms. The molecule has 0 aliphatic carbocycles. The molecule has 15 heavy (non-hydrogen) atoms. The zero-order chi connectivity index (χ0) is 11.3. The highest BCUT2D eigenvalue weighted by molar-refractivity contribution is 5.36. The van der Waals surface area contributed by atoms with Gasteiger partial charge in [-0.15, -0.1) is 0 Å². The smallest absolute Gasteiger partial charge is 0.121 e. The number of azide groups is 1. The summed E-state index contributed by atoms with van der Waals surface area (Å²) in [5, 5.41) is 30.9. The van der Waals surface area contributed by atoms with Crippen molar-refractivity contribution in [3.05, 3.63) is 39.8 Å². The van der Waals surface area contributed by atoms with Gasteiger partial charge in [0.15, 0.2) is 0 Å². The van der Waals surface area contributed by atoms with Gasteiger partial charge in [0, 0.05) is 10.5 Å². The number of phenols is 1. The number of nitrogens with zero attached hydrogens (tertiary/aromatic N) is 3. The van der Waals surface area contributed by atoms with E-state index in [1.54, 1.807) is 0 Å². The number of aliphatic hydroxyl groups excluding tert-OH is 2. The van der Waals surface area contributed by atoms with Gasteiger partial charge in [-0.3, -0.25) is 0 Å². The first-order valence-electron chi connectivity index (χ1n) is 4.30.